The van der Waals surface area contributed by atoms with E-state index in [1.165, 1.54) is 16.7 Å². The third kappa shape index (κ3) is 4.43. The summed E-state index contributed by atoms with van der Waals surface area (Å²) in [6, 6.07) is 6.65. The van der Waals surface area contributed by atoms with Gasteiger partial charge in [-0.3, -0.25) is 4.21 Å². The summed E-state index contributed by atoms with van der Waals surface area (Å²) in [5, 5.41) is 3.54. The van der Waals surface area contributed by atoms with Crippen LogP contribution in [-0.2, 0) is 10.8 Å². The van der Waals surface area contributed by atoms with Gasteiger partial charge >= 0.3 is 0 Å². The van der Waals surface area contributed by atoms with Crippen molar-refractivity contribution in [3.63, 3.8) is 0 Å². The monoisotopic (exact) mass is 281 g/mol. The van der Waals surface area contributed by atoms with E-state index in [1.807, 2.05) is 7.05 Å². The van der Waals surface area contributed by atoms with Crippen molar-refractivity contribution in [1.29, 1.82) is 0 Å². The van der Waals surface area contributed by atoms with Crippen LogP contribution >= 0.6 is 0 Å². The normalized spacial score (nSPS) is 16.4. The van der Waals surface area contributed by atoms with Crippen LogP contribution in [-0.4, -0.2) is 22.3 Å². The minimum absolute atomic E-state index is 0.168. The minimum Gasteiger partial charge on any atom is -0.312 e. The van der Waals surface area contributed by atoms with E-state index in [9.17, 15) is 4.21 Å². The molecule has 3 heteroatoms. The molecule has 0 aliphatic carbocycles. The first-order valence-electron chi connectivity index (χ1n) is 6.98. The zero-order valence-corrected chi connectivity index (χ0v) is 13.8. The van der Waals surface area contributed by atoms with E-state index in [2.05, 4.69) is 58.1 Å². The molecule has 108 valence electrons. The van der Waals surface area contributed by atoms with Crippen LogP contribution in [0.4, 0.5) is 0 Å². The van der Waals surface area contributed by atoms with Gasteiger partial charge in [0.15, 0.2) is 0 Å². The average molecular weight is 281 g/mol. The van der Waals surface area contributed by atoms with E-state index in [-0.39, 0.29) is 11.3 Å². The smallest absolute Gasteiger partial charge is 0.0434 e. The van der Waals surface area contributed by atoms with Gasteiger partial charge in [0.25, 0.3) is 0 Å². The predicted octanol–water partition coefficient (Wildman–Crippen LogP) is 3.36. The Morgan fingerprint density at radius 2 is 1.79 bits per heavy atom. The third-order valence-corrected chi connectivity index (χ3v) is 6.00. The summed E-state index contributed by atoms with van der Waals surface area (Å²) in [6.07, 6.45) is 0. The van der Waals surface area contributed by atoms with Crippen molar-refractivity contribution in [3.05, 3.63) is 34.9 Å². The van der Waals surface area contributed by atoms with Crippen LogP contribution in [0, 0.1) is 19.8 Å². The standard InChI is InChI=1S/C16H27NOS/c1-11(2)14(5)19(18)10-16(17-6)15-8-7-12(3)13(4)9-15/h7-9,11,14,16-17H,10H2,1-6H3. The van der Waals surface area contributed by atoms with Crippen LogP contribution < -0.4 is 5.32 Å². The van der Waals surface area contributed by atoms with E-state index in [1.54, 1.807) is 0 Å². The molecule has 0 aliphatic rings. The molecule has 0 amide bonds. The molecule has 0 spiro atoms. The maximum Gasteiger partial charge on any atom is 0.0434 e. The highest BCUT2D eigenvalue weighted by atomic mass is 32.2. The van der Waals surface area contributed by atoms with Crippen LogP contribution in [0.5, 0.6) is 0 Å². The summed E-state index contributed by atoms with van der Waals surface area (Å²) >= 11 is 0. The van der Waals surface area contributed by atoms with E-state index in [4.69, 9.17) is 0 Å². The minimum atomic E-state index is -0.800. The van der Waals surface area contributed by atoms with Gasteiger partial charge in [-0.25, -0.2) is 0 Å². The molecule has 0 aliphatic heterocycles. The van der Waals surface area contributed by atoms with Gasteiger partial charge < -0.3 is 5.32 Å². The molecule has 3 unspecified atom stereocenters. The lowest BCUT2D eigenvalue weighted by atomic mass is 10.0. The van der Waals surface area contributed by atoms with Crippen molar-refractivity contribution in [1.82, 2.24) is 5.32 Å². The molecule has 0 saturated heterocycles. The molecule has 19 heavy (non-hydrogen) atoms. The van der Waals surface area contributed by atoms with Crippen LogP contribution in [0.1, 0.15) is 43.5 Å². The molecule has 0 heterocycles. The number of hydrogen-bond acceptors (Lipinski definition) is 2. The summed E-state index contributed by atoms with van der Waals surface area (Å²) < 4.78 is 12.4. The van der Waals surface area contributed by atoms with E-state index in [0.717, 1.165) is 0 Å². The van der Waals surface area contributed by atoms with Gasteiger partial charge in [0.1, 0.15) is 0 Å². The molecule has 1 aromatic rings. The van der Waals surface area contributed by atoms with E-state index < -0.39 is 10.8 Å². The lowest BCUT2D eigenvalue weighted by Crippen LogP contribution is -2.28. The average Bonchev–Trinajstić information content (AvgIpc) is 2.37. The second kappa shape index (κ2) is 7.20. The van der Waals surface area contributed by atoms with E-state index >= 15 is 0 Å². The first kappa shape index (κ1) is 16.4. The number of benzene rings is 1. The van der Waals surface area contributed by atoms with Gasteiger partial charge in [-0.05, 0) is 43.5 Å². The molecule has 0 fully saturated rings. The Morgan fingerprint density at radius 1 is 1.16 bits per heavy atom. The van der Waals surface area contributed by atoms with Gasteiger partial charge in [-0.2, -0.15) is 0 Å². The predicted molar refractivity (Wildman–Crippen MR) is 85.0 cm³/mol. The quantitative estimate of drug-likeness (QED) is 0.866. The van der Waals surface area contributed by atoms with Crippen LogP contribution in [0.3, 0.4) is 0 Å². The van der Waals surface area contributed by atoms with Crippen molar-refractivity contribution < 1.29 is 4.21 Å². The lowest BCUT2D eigenvalue weighted by molar-refractivity contribution is 0.589. The number of hydrogen-bond donors (Lipinski definition) is 1. The van der Waals surface area contributed by atoms with Gasteiger partial charge in [-0.15, -0.1) is 0 Å². The van der Waals surface area contributed by atoms with Gasteiger partial charge in [0, 0.05) is 27.8 Å². The van der Waals surface area contributed by atoms with Gasteiger partial charge in [0.2, 0.25) is 0 Å². The number of nitrogens with one attached hydrogen (secondary N) is 1. The summed E-state index contributed by atoms with van der Waals surface area (Å²) in [7, 11) is 1.14. The Balaban J connectivity index is 2.83. The third-order valence-electron chi connectivity index (χ3n) is 3.97. The highest BCUT2D eigenvalue weighted by Gasteiger charge is 2.20. The largest absolute Gasteiger partial charge is 0.312 e. The van der Waals surface area contributed by atoms with Crippen LogP contribution in [0.25, 0.3) is 0 Å². The first-order chi connectivity index (χ1) is 8.86. The summed E-state index contributed by atoms with van der Waals surface area (Å²) in [5.74, 6) is 1.14. The molecule has 2 nitrogen and oxygen atoms in total. The Labute approximate surface area is 120 Å². The Hall–Kier alpha value is -0.670. The molecule has 1 N–H and O–H groups in total. The van der Waals surface area contributed by atoms with Crippen molar-refractivity contribution in [3.8, 4) is 0 Å². The molecule has 1 aromatic carbocycles. The first-order valence-corrected chi connectivity index (χ1v) is 8.36. The maximum atomic E-state index is 12.4. The molecule has 0 bridgehead atoms. The molecule has 0 saturated carbocycles. The van der Waals surface area contributed by atoms with Crippen molar-refractivity contribution >= 4 is 10.8 Å². The molecule has 0 radical (unpaired) electrons. The van der Waals surface area contributed by atoms with Gasteiger partial charge in [0.05, 0.1) is 0 Å². The Morgan fingerprint density at radius 3 is 2.26 bits per heavy atom. The van der Waals surface area contributed by atoms with E-state index in [0.29, 0.717) is 11.7 Å². The second-order valence-electron chi connectivity index (χ2n) is 5.68. The number of aryl methyl sites for hydroxylation is 2. The van der Waals surface area contributed by atoms with Crippen molar-refractivity contribution in [2.45, 2.75) is 45.9 Å². The van der Waals surface area contributed by atoms with Crippen molar-refractivity contribution in [2.24, 2.45) is 5.92 Å². The topological polar surface area (TPSA) is 29.1 Å². The SMILES string of the molecule is CNC(CS(=O)C(C)C(C)C)c1ccc(C)c(C)c1. The zero-order chi connectivity index (χ0) is 14.6. The molecule has 0 aromatic heterocycles. The highest BCUT2D eigenvalue weighted by molar-refractivity contribution is 7.85. The number of rotatable bonds is 6. The zero-order valence-electron chi connectivity index (χ0n) is 13.0. The van der Waals surface area contributed by atoms with Crippen molar-refractivity contribution in [2.75, 3.05) is 12.8 Å². The highest BCUT2D eigenvalue weighted by Crippen LogP contribution is 2.20. The molecular weight excluding hydrogens is 254 g/mol. The van der Waals surface area contributed by atoms with Gasteiger partial charge in [-0.1, -0.05) is 39.0 Å². The van der Waals surface area contributed by atoms with Crippen LogP contribution in [0.15, 0.2) is 18.2 Å². The Bertz CT molecular complexity index is 442. The van der Waals surface area contributed by atoms with Crippen LogP contribution in [0.2, 0.25) is 0 Å². The lowest BCUT2D eigenvalue weighted by Gasteiger charge is -2.21. The molecule has 3 atom stereocenters. The fraction of sp³-hybridized carbons (Fsp3) is 0.625. The molecular formula is C16H27NOS. The molecule has 1 rings (SSSR count). The summed E-state index contributed by atoms with van der Waals surface area (Å²) in [6.45, 7) is 10.6. The fourth-order valence-electron chi connectivity index (χ4n) is 1.95. The fourth-order valence-corrected chi connectivity index (χ4v) is 3.55. The summed E-state index contributed by atoms with van der Waals surface area (Å²) in [5.41, 5.74) is 3.82. The Kier molecular flexibility index (Phi) is 6.21. The maximum absolute atomic E-state index is 12.4. The summed E-state index contributed by atoms with van der Waals surface area (Å²) in [4.78, 5) is 0. The second-order valence-corrected chi connectivity index (χ2v) is 7.52.